The molecule has 2 heterocycles. The molecular formula is C15H17F3N4O. The van der Waals surface area contributed by atoms with Gasteiger partial charge in [0.15, 0.2) is 0 Å². The Balaban J connectivity index is 1.70. The van der Waals surface area contributed by atoms with E-state index in [9.17, 15) is 13.2 Å². The molecule has 1 aliphatic rings. The molecule has 8 heteroatoms. The first-order valence-electron chi connectivity index (χ1n) is 7.32. The van der Waals surface area contributed by atoms with Gasteiger partial charge in [0.25, 0.3) is 0 Å². The van der Waals surface area contributed by atoms with E-state index >= 15 is 0 Å². The van der Waals surface area contributed by atoms with Crippen LogP contribution in [-0.2, 0) is 13.1 Å². The topological polar surface area (TPSA) is 43.2 Å². The summed E-state index contributed by atoms with van der Waals surface area (Å²) >= 11 is 0. The fourth-order valence-corrected chi connectivity index (χ4v) is 2.81. The summed E-state index contributed by atoms with van der Waals surface area (Å²) in [7, 11) is 0. The van der Waals surface area contributed by atoms with Gasteiger partial charge in [-0.15, -0.1) is 23.4 Å². The zero-order valence-corrected chi connectivity index (χ0v) is 12.8. The number of fused-ring (bicyclic) bond motifs is 1. The third kappa shape index (κ3) is 3.47. The van der Waals surface area contributed by atoms with E-state index in [1.54, 1.807) is 12.1 Å². The Morgan fingerprint density at radius 1 is 1.13 bits per heavy atom. The van der Waals surface area contributed by atoms with Gasteiger partial charge in [0.2, 0.25) is 0 Å². The van der Waals surface area contributed by atoms with Crippen LogP contribution in [0.5, 0.6) is 5.75 Å². The molecule has 1 aromatic heterocycles. The second kappa shape index (κ2) is 5.84. The van der Waals surface area contributed by atoms with Crippen LogP contribution < -0.4 is 4.74 Å². The molecule has 1 aromatic carbocycles. The van der Waals surface area contributed by atoms with Gasteiger partial charge in [0.05, 0.1) is 6.54 Å². The summed E-state index contributed by atoms with van der Waals surface area (Å²) in [5.41, 5.74) is 0.934. The third-order valence-corrected chi connectivity index (χ3v) is 4.11. The number of nitrogens with zero attached hydrogens (tertiary/aromatic N) is 4. The predicted molar refractivity (Wildman–Crippen MR) is 76.7 cm³/mol. The monoisotopic (exact) mass is 326 g/mol. The van der Waals surface area contributed by atoms with Crippen LogP contribution in [0, 0.1) is 6.92 Å². The lowest BCUT2D eigenvalue weighted by atomic mass is 10.1. The predicted octanol–water partition coefficient (Wildman–Crippen LogP) is 3.06. The van der Waals surface area contributed by atoms with Gasteiger partial charge < -0.3 is 9.30 Å². The molecule has 3 rings (SSSR count). The smallest absolute Gasteiger partial charge is 0.406 e. The molecule has 0 spiro atoms. The summed E-state index contributed by atoms with van der Waals surface area (Å²) in [5, 5.41) is 8.24. The Morgan fingerprint density at radius 2 is 1.83 bits per heavy atom. The minimum Gasteiger partial charge on any atom is -0.406 e. The van der Waals surface area contributed by atoms with Gasteiger partial charge in [-0.3, -0.25) is 4.90 Å². The number of ether oxygens (including phenoxy) is 1. The molecule has 124 valence electrons. The SMILES string of the molecule is Cc1nnc2n1CCN([C@@H](C)c1ccc(OC(F)(F)F)cc1)C2. The van der Waals surface area contributed by atoms with Crippen molar-refractivity contribution >= 4 is 0 Å². The van der Waals surface area contributed by atoms with Crippen LogP contribution in [0.4, 0.5) is 13.2 Å². The largest absolute Gasteiger partial charge is 0.573 e. The molecule has 0 radical (unpaired) electrons. The van der Waals surface area contributed by atoms with Crippen molar-refractivity contribution in [2.75, 3.05) is 6.54 Å². The molecule has 23 heavy (non-hydrogen) atoms. The first-order chi connectivity index (χ1) is 10.8. The van der Waals surface area contributed by atoms with Crippen molar-refractivity contribution in [3.63, 3.8) is 0 Å². The van der Waals surface area contributed by atoms with E-state index in [1.165, 1.54) is 12.1 Å². The summed E-state index contributed by atoms with van der Waals surface area (Å²) in [5.74, 6) is 1.61. The maximum absolute atomic E-state index is 12.2. The second-order valence-corrected chi connectivity index (χ2v) is 5.58. The number of alkyl halides is 3. The lowest BCUT2D eigenvalue weighted by Gasteiger charge is -2.33. The number of benzene rings is 1. The van der Waals surface area contributed by atoms with E-state index in [1.807, 2.05) is 13.8 Å². The lowest BCUT2D eigenvalue weighted by Crippen LogP contribution is -2.36. The van der Waals surface area contributed by atoms with E-state index in [2.05, 4.69) is 24.4 Å². The summed E-state index contributed by atoms with van der Waals surface area (Å²) < 4.78 is 42.5. The molecule has 0 saturated carbocycles. The Hall–Kier alpha value is -2.09. The Labute approximate surface area is 131 Å². The van der Waals surface area contributed by atoms with Gasteiger partial charge in [-0.2, -0.15) is 0 Å². The molecule has 0 fully saturated rings. The first-order valence-corrected chi connectivity index (χ1v) is 7.32. The number of hydrogen-bond acceptors (Lipinski definition) is 4. The molecule has 0 N–H and O–H groups in total. The van der Waals surface area contributed by atoms with Crippen LogP contribution in [0.1, 0.15) is 30.2 Å². The van der Waals surface area contributed by atoms with E-state index < -0.39 is 6.36 Å². The highest BCUT2D eigenvalue weighted by atomic mass is 19.4. The van der Waals surface area contributed by atoms with Crippen molar-refractivity contribution in [1.82, 2.24) is 19.7 Å². The van der Waals surface area contributed by atoms with Crippen molar-refractivity contribution in [1.29, 1.82) is 0 Å². The molecule has 0 unspecified atom stereocenters. The van der Waals surface area contributed by atoms with Crippen LogP contribution in [-0.4, -0.2) is 32.6 Å². The van der Waals surface area contributed by atoms with Crippen molar-refractivity contribution < 1.29 is 17.9 Å². The molecule has 0 bridgehead atoms. The number of rotatable bonds is 3. The Morgan fingerprint density at radius 3 is 2.48 bits per heavy atom. The minimum atomic E-state index is -4.66. The fourth-order valence-electron chi connectivity index (χ4n) is 2.81. The van der Waals surface area contributed by atoms with E-state index in [0.717, 1.165) is 30.3 Å². The lowest BCUT2D eigenvalue weighted by molar-refractivity contribution is -0.274. The fraction of sp³-hybridized carbons (Fsp3) is 0.467. The Kier molecular flexibility index (Phi) is 4.01. The zero-order valence-electron chi connectivity index (χ0n) is 12.8. The van der Waals surface area contributed by atoms with Crippen molar-refractivity contribution in [2.24, 2.45) is 0 Å². The molecule has 1 atom stereocenters. The van der Waals surface area contributed by atoms with Crippen LogP contribution in [0.15, 0.2) is 24.3 Å². The van der Waals surface area contributed by atoms with E-state index in [-0.39, 0.29) is 11.8 Å². The zero-order chi connectivity index (χ0) is 16.6. The summed E-state index contributed by atoms with van der Waals surface area (Å²) in [6, 6.07) is 6.08. The number of aromatic nitrogens is 3. The second-order valence-electron chi connectivity index (χ2n) is 5.58. The number of hydrogen-bond donors (Lipinski definition) is 0. The van der Waals surface area contributed by atoms with Gasteiger partial charge in [0, 0.05) is 19.1 Å². The average Bonchev–Trinajstić information content (AvgIpc) is 2.87. The van der Waals surface area contributed by atoms with Crippen LogP contribution in [0.25, 0.3) is 0 Å². The molecule has 0 aliphatic carbocycles. The normalized spacial score (nSPS) is 16.9. The van der Waals surface area contributed by atoms with Crippen LogP contribution in [0.2, 0.25) is 0 Å². The minimum absolute atomic E-state index is 0.0701. The highest BCUT2D eigenvalue weighted by Crippen LogP contribution is 2.28. The van der Waals surface area contributed by atoms with E-state index in [0.29, 0.717) is 6.54 Å². The molecular weight excluding hydrogens is 309 g/mol. The average molecular weight is 326 g/mol. The maximum Gasteiger partial charge on any atom is 0.573 e. The Bertz CT molecular complexity index is 681. The van der Waals surface area contributed by atoms with Gasteiger partial charge in [0.1, 0.15) is 17.4 Å². The highest BCUT2D eigenvalue weighted by molar-refractivity contribution is 5.29. The molecule has 0 saturated heterocycles. The summed E-state index contributed by atoms with van der Waals surface area (Å²) in [6.07, 6.45) is -4.66. The quantitative estimate of drug-likeness (QED) is 0.869. The maximum atomic E-state index is 12.2. The third-order valence-electron chi connectivity index (χ3n) is 4.11. The number of halogens is 3. The van der Waals surface area contributed by atoms with Crippen LogP contribution >= 0.6 is 0 Å². The standard InChI is InChI=1S/C15H17F3N4O/c1-10(12-3-5-13(6-4-12)23-15(16,17)18)21-7-8-22-11(2)19-20-14(22)9-21/h3-6,10H,7-9H2,1-2H3/t10-/m0/s1. The van der Waals surface area contributed by atoms with Gasteiger partial charge in [-0.05, 0) is 31.5 Å². The van der Waals surface area contributed by atoms with Crippen molar-refractivity contribution in [3.05, 3.63) is 41.5 Å². The first kappa shape index (κ1) is 15.8. The van der Waals surface area contributed by atoms with Crippen molar-refractivity contribution in [3.8, 4) is 5.75 Å². The molecule has 0 amide bonds. The van der Waals surface area contributed by atoms with Gasteiger partial charge in [-0.25, -0.2) is 0 Å². The molecule has 5 nitrogen and oxygen atoms in total. The van der Waals surface area contributed by atoms with E-state index in [4.69, 9.17) is 0 Å². The summed E-state index contributed by atoms with van der Waals surface area (Å²) in [4.78, 5) is 2.23. The molecule has 2 aromatic rings. The molecule has 1 aliphatic heterocycles. The van der Waals surface area contributed by atoms with Crippen LogP contribution in [0.3, 0.4) is 0 Å². The highest BCUT2D eigenvalue weighted by Gasteiger charge is 2.31. The van der Waals surface area contributed by atoms with Crippen molar-refractivity contribution in [2.45, 2.75) is 39.3 Å². The van der Waals surface area contributed by atoms with Gasteiger partial charge >= 0.3 is 6.36 Å². The van der Waals surface area contributed by atoms with Gasteiger partial charge in [-0.1, -0.05) is 12.1 Å². The summed E-state index contributed by atoms with van der Waals surface area (Å²) in [6.45, 7) is 6.28. The number of aryl methyl sites for hydroxylation is 1.